The summed E-state index contributed by atoms with van der Waals surface area (Å²) in [6, 6.07) is 12.6. The molecule has 178 valence electrons. The largest absolute Gasteiger partial charge is 0.352 e. The lowest BCUT2D eigenvalue weighted by Crippen LogP contribution is -2.43. The smallest absolute Gasteiger partial charge is 0.223 e. The van der Waals surface area contributed by atoms with Crippen molar-refractivity contribution in [3.8, 4) is 0 Å². The van der Waals surface area contributed by atoms with E-state index in [-0.39, 0.29) is 17.6 Å². The average molecular weight is 471 g/mol. The molecule has 0 radical (unpaired) electrons. The molecule has 1 aromatic carbocycles. The summed E-state index contributed by atoms with van der Waals surface area (Å²) in [7, 11) is -3.19. The molecule has 1 aromatic heterocycles. The Labute approximate surface area is 197 Å². The lowest BCUT2D eigenvalue weighted by Gasteiger charge is -2.30. The van der Waals surface area contributed by atoms with Gasteiger partial charge in [-0.15, -0.1) is 0 Å². The van der Waals surface area contributed by atoms with Crippen molar-refractivity contribution in [3.05, 3.63) is 59.3 Å². The van der Waals surface area contributed by atoms with Crippen LogP contribution in [0.5, 0.6) is 0 Å². The summed E-state index contributed by atoms with van der Waals surface area (Å²) in [5.74, 6) is 1.02. The van der Waals surface area contributed by atoms with E-state index >= 15 is 0 Å². The summed E-state index contributed by atoms with van der Waals surface area (Å²) >= 11 is 0. The molecule has 0 atom stereocenters. The quantitative estimate of drug-likeness (QED) is 0.641. The van der Waals surface area contributed by atoms with Crippen molar-refractivity contribution in [3.63, 3.8) is 0 Å². The van der Waals surface area contributed by atoms with Crippen molar-refractivity contribution in [1.82, 2.24) is 14.6 Å². The minimum atomic E-state index is -3.19. The SMILES string of the molecule is CCCCS(=O)(=O)N1CCC(C(=O)NCc2ccc(N3CCc4ccccc4C3)nc2)CC1. The molecule has 0 spiro atoms. The molecule has 1 N–H and O–H groups in total. The van der Waals surface area contributed by atoms with Crippen LogP contribution in [-0.4, -0.2) is 49.0 Å². The second-order valence-electron chi connectivity index (χ2n) is 9.03. The van der Waals surface area contributed by atoms with E-state index in [2.05, 4.69) is 39.5 Å². The maximum absolute atomic E-state index is 12.6. The Hall–Kier alpha value is -2.45. The van der Waals surface area contributed by atoms with Gasteiger partial charge in [0.05, 0.1) is 5.75 Å². The van der Waals surface area contributed by atoms with Crippen LogP contribution < -0.4 is 10.2 Å². The first-order valence-electron chi connectivity index (χ1n) is 12.0. The summed E-state index contributed by atoms with van der Waals surface area (Å²) in [6.45, 7) is 5.10. The first-order chi connectivity index (χ1) is 16.0. The second-order valence-corrected chi connectivity index (χ2v) is 11.1. The van der Waals surface area contributed by atoms with Crippen LogP contribution in [0.4, 0.5) is 5.82 Å². The zero-order valence-electron chi connectivity index (χ0n) is 19.4. The van der Waals surface area contributed by atoms with Crippen molar-refractivity contribution < 1.29 is 13.2 Å². The fourth-order valence-corrected chi connectivity index (χ4v) is 6.26. The van der Waals surface area contributed by atoms with Gasteiger partial charge in [0.25, 0.3) is 0 Å². The molecule has 2 aliphatic rings. The third-order valence-corrected chi connectivity index (χ3v) is 8.66. The topological polar surface area (TPSA) is 82.6 Å². The van der Waals surface area contributed by atoms with Crippen LogP contribution >= 0.6 is 0 Å². The van der Waals surface area contributed by atoms with E-state index < -0.39 is 10.0 Å². The zero-order valence-corrected chi connectivity index (χ0v) is 20.2. The number of sulfonamides is 1. The molecule has 0 saturated carbocycles. The van der Waals surface area contributed by atoms with Gasteiger partial charge in [-0.3, -0.25) is 4.79 Å². The molecule has 0 bridgehead atoms. The lowest BCUT2D eigenvalue weighted by molar-refractivity contribution is -0.126. The lowest BCUT2D eigenvalue weighted by atomic mass is 9.97. The van der Waals surface area contributed by atoms with Crippen molar-refractivity contribution in [1.29, 1.82) is 0 Å². The van der Waals surface area contributed by atoms with E-state index in [9.17, 15) is 13.2 Å². The predicted molar refractivity (Wildman–Crippen MR) is 130 cm³/mol. The summed E-state index contributed by atoms with van der Waals surface area (Å²) in [6.07, 6.45) is 5.55. The highest BCUT2D eigenvalue weighted by molar-refractivity contribution is 7.89. The molecule has 0 aliphatic carbocycles. The number of hydrogen-bond donors (Lipinski definition) is 1. The van der Waals surface area contributed by atoms with Gasteiger partial charge in [-0.05, 0) is 48.4 Å². The van der Waals surface area contributed by atoms with E-state index in [4.69, 9.17) is 0 Å². The number of piperidine rings is 1. The highest BCUT2D eigenvalue weighted by atomic mass is 32.2. The number of pyridine rings is 1. The second kappa shape index (κ2) is 10.7. The number of benzene rings is 1. The maximum Gasteiger partial charge on any atom is 0.223 e. The highest BCUT2D eigenvalue weighted by Crippen LogP contribution is 2.23. The molecule has 2 aliphatic heterocycles. The molecule has 8 heteroatoms. The molecular weight excluding hydrogens is 436 g/mol. The monoisotopic (exact) mass is 470 g/mol. The van der Waals surface area contributed by atoms with Crippen LogP contribution in [0.15, 0.2) is 42.6 Å². The number of fused-ring (bicyclic) bond motifs is 1. The standard InChI is InChI=1S/C25H34N4O3S/c1-2-3-16-33(31,32)29-14-11-22(12-15-29)25(30)27-18-20-8-9-24(26-17-20)28-13-10-21-6-4-5-7-23(21)19-28/h4-9,17,22H,2-3,10-16,18-19H2,1H3,(H,27,30). The zero-order chi connectivity index (χ0) is 23.3. The van der Waals surface area contributed by atoms with Gasteiger partial charge in [0.15, 0.2) is 0 Å². The minimum Gasteiger partial charge on any atom is -0.352 e. The van der Waals surface area contributed by atoms with Crippen LogP contribution in [0.3, 0.4) is 0 Å². The van der Waals surface area contributed by atoms with Gasteiger partial charge in [0, 0.05) is 44.8 Å². The van der Waals surface area contributed by atoms with Gasteiger partial charge in [-0.1, -0.05) is 43.7 Å². The molecule has 0 unspecified atom stereocenters. The van der Waals surface area contributed by atoms with E-state index in [0.29, 0.717) is 38.9 Å². The Morgan fingerprint density at radius 2 is 1.85 bits per heavy atom. The Morgan fingerprint density at radius 1 is 1.09 bits per heavy atom. The van der Waals surface area contributed by atoms with Crippen LogP contribution in [-0.2, 0) is 34.3 Å². The Bertz CT molecular complexity index is 1050. The van der Waals surface area contributed by atoms with Crippen LogP contribution in [0.25, 0.3) is 0 Å². The fraction of sp³-hybridized carbons (Fsp3) is 0.520. The maximum atomic E-state index is 12.6. The van der Waals surface area contributed by atoms with Gasteiger partial charge in [-0.2, -0.15) is 0 Å². The van der Waals surface area contributed by atoms with Crippen molar-refractivity contribution in [2.24, 2.45) is 5.92 Å². The number of carbonyl (C=O) groups is 1. The fourth-order valence-electron chi connectivity index (χ4n) is 4.59. The third-order valence-electron chi connectivity index (χ3n) is 6.70. The molecule has 2 aromatic rings. The number of nitrogens with zero attached hydrogens (tertiary/aromatic N) is 3. The summed E-state index contributed by atoms with van der Waals surface area (Å²) in [5, 5.41) is 3.01. The molecule has 1 saturated heterocycles. The first kappa shape index (κ1) is 23.7. The summed E-state index contributed by atoms with van der Waals surface area (Å²) in [4.78, 5) is 19.5. The molecule has 3 heterocycles. The van der Waals surface area contributed by atoms with Gasteiger partial charge in [0.2, 0.25) is 15.9 Å². The average Bonchev–Trinajstić information content (AvgIpc) is 2.86. The number of aromatic nitrogens is 1. The van der Waals surface area contributed by atoms with E-state index in [0.717, 1.165) is 37.3 Å². The number of anilines is 1. The van der Waals surface area contributed by atoms with Crippen molar-refractivity contribution >= 4 is 21.7 Å². The van der Waals surface area contributed by atoms with Gasteiger partial charge in [0.1, 0.15) is 5.82 Å². The summed E-state index contributed by atoms with van der Waals surface area (Å²) in [5.41, 5.74) is 3.73. The molecular formula is C25H34N4O3S. The van der Waals surface area contributed by atoms with Gasteiger partial charge >= 0.3 is 0 Å². The van der Waals surface area contributed by atoms with Crippen LogP contribution in [0.1, 0.15) is 49.3 Å². The molecule has 4 rings (SSSR count). The minimum absolute atomic E-state index is 0.00248. The van der Waals surface area contributed by atoms with Gasteiger partial charge in [-0.25, -0.2) is 17.7 Å². The van der Waals surface area contributed by atoms with Gasteiger partial charge < -0.3 is 10.2 Å². The molecule has 7 nitrogen and oxygen atoms in total. The highest BCUT2D eigenvalue weighted by Gasteiger charge is 2.30. The van der Waals surface area contributed by atoms with Crippen LogP contribution in [0, 0.1) is 5.92 Å². The Morgan fingerprint density at radius 3 is 2.55 bits per heavy atom. The molecule has 1 amide bonds. The molecule has 1 fully saturated rings. The molecule has 33 heavy (non-hydrogen) atoms. The van der Waals surface area contributed by atoms with E-state index in [1.54, 1.807) is 4.31 Å². The first-order valence-corrected chi connectivity index (χ1v) is 13.6. The summed E-state index contributed by atoms with van der Waals surface area (Å²) < 4.78 is 26.2. The van der Waals surface area contributed by atoms with E-state index in [1.807, 2.05) is 25.3 Å². The van der Waals surface area contributed by atoms with Crippen LogP contribution in [0.2, 0.25) is 0 Å². The third kappa shape index (κ3) is 5.92. The Kier molecular flexibility index (Phi) is 7.65. The number of rotatable bonds is 8. The van der Waals surface area contributed by atoms with Crippen molar-refractivity contribution in [2.75, 3.05) is 30.3 Å². The number of hydrogen-bond acceptors (Lipinski definition) is 5. The normalized spacial score (nSPS) is 17.5. The van der Waals surface area contributed by atoms with Crippen molar-refractivity contribution in [2.45, 2.75) is 52.1 Å². The van der Waals surface area contributed by atoms with E-state index in [1.165, 1.54) is 11.1 Å². The number of unbranched alkanes of at least 4 members (excludes halogenated alkanes) is 1. The number of amides is 1. The Balaban J connectivity index is 1.24. The predicted octanol–water partition coefficient (Wildman–Crippen LogP) is 3.10. The number of nitrogens with one attached hydrogen (secondary N) is 1. The number of carbonyl (C=O) groups excluding carboxylic acids is 1.